The van der Waals surface area contributed by atoms with E-state index < -0.39 is 6.10 Å². The maximum Gasteiger partial charge on any atom is 0.234 e. The van der Waals surface area contributed by atoms with E-state index in [-0.39, 0.29) is 12.5 Å². The van der Waals surface area contributed by atoms with E-state index in [0.717, 1.165) is 5.75 Å². The number of likely N-dealkylation sites (N-methyl/N-ethyl adjacent to an activating group) is 1. The average Bonchev–Trinajstić information content (AvgIpc) is 2.35. The van der Waals surface area contributed by atoms with Crippen LogP contribution in [0, 0.1) is 0 Å². The Morgan fingerprint density at radius 1 is 1.42 bits per heavy atom. The minimum atomic E-state index is -0.431. The monoisotopic (exact) mass is 266 g/mol. The van der Waals surface area contributed by atoms with Crippen LogP contribution in [0.25, 0.3) is 0 Å². The summed E-state index contributed by atoms with van der Waals surface area (Å²) in [6.07, 6.45) is -0.431. The van der Waals surface area contributed by atoms with Gasteiger partial charge >= 0.3 is 0 Å². The minimum Gasteiger partial charge on any atom is -0.492 e. The van der Waals surface area contributed by atoms with Gasteiger partial charge in [-0.1, -0.05) is 18.2 Å². The standard InChI is InChI=1S/C14H22N2O3/c1-12(17)10-16(2)11-14(18)15-8-9-19-13-6-4-3-5-7-13/h3-7,12,17H,8-11H2,1-2H3,(H,15,18). The highest BCUT2D eigenvalue weighted by atomic mass is 16.5. The molecule has 0 heterocycles. The van der Waals surface area contributed by atoms with Gasteiger partial charge in [0.2, 0.25) is 5.91 Å². The highest BCUT2D eigenvalue weighted by Gasteiger charge is 2.07. The van der Waals surface area contributed by atoms with Gasteiger partial charge in [0, 0.05) is 6.54 Å². The third-order valence-electron chi connectivity index (χ3n) is 2.43. The normalized spacial score (nSPS) is 12.2. The fourth-order valence-corrected chi connectivity index (χ4v) is 1.69. The van der Waals surface area contributed by atoms with Crippen LogP contribution in [-0.2, 0) is 4.79 Å². The summed E-state index contributed by atoms with van der Waals surface area (Å²) in [5.74, 6) is 0.725. The van der Waals surface area contributed by atoms with Gasteiger partial charge in [0.1, 0.15) is 12.4 Å². The number of nitrogens with zero attached hydrogens (tertiary/aromatic N) is 1. The van der Waals surface area contributed by atoms with E-state index in [1.807, 2.05) is 30.3 Å². The zero-order valence-electron chi connectivity index (χ0n) is 11.5. The van der Waals surface area contributed by atoms with Gasteiger partial charge in [0.25, 0.3) is 0 Å². The quantitative estimate of drug-likeness (QED) is 0.672. The second kappa shape index (κ2) is 8.50. The molecule has 1 atom stereocenters. The summed E-state index contributed by atoms with van der Waals surface area (Å²) in [6, 6.07) is 9.47. The maximum atomic E-state index is 11.6. The number of benzene rings is 1. The molecular formula is C14H22N2O3. The molecule has 5 heteroatoms. The summed E-state index contributed by atoms with van der Waals surface area (Å²) in [6.45, 7) is 3.36. The molecule has 1 aromatic rings. The van der Waals surface area contributed by atoms with Crippen LogP contribution in [0.3, 0.4) is 0 Å². The summed E-state index contributed by atoms with van der Waals surface area (Å²) in [4.78, 5) is 13.3. The second-order valence-electron chi connectivity index (χ2n) is 4.56. The molecule has 5 nitrogen and oxygen atoms in total. The number of carbonyl (C=O) groups is 1. The molecule has 106 valence electrons. The lowest BCUT2D eigenvalue weighted by atomic mass is 10.3. The van der Waals surface area contributed by atoms with Crippen molar-refractivity contribution in [3.63, 3.8) is 0 Å². The first-order valence-electron chi connectivity index (χ1n) is 6.39. The van der Waals surface area contributed by atoms with Crippen molar-refractivity contribution >= 4 is 5.91 Å². The van der Waals surface area contributed by atoms with E-state index in [2.05, 4.69) is 5.32 Å². The molecule has 0 bridgehead atoms. The number of aliphatic hydroxyl groups is 1. The number of nitrogens with one attached hydrogen (secondary N) is 1. The minimum absolute atomic E-state index is 0.0696. The SMILES string of the molecule is CC(O)CN(C)CC(=O)NCCOc1ccccc1. The zero-order chi connectivity index (χ0) is 14.1. The Hall–Kier alpha value is -1.59. The highest BCUT2D eigenvalue weighted by molar-refractivity contribution is 5.77. The van der Waals surface area contributed by atoms with Gasteiger partial charge in [-0.25, -0.2) is 0 Å². The molecule has 0 radical (unpaired) electrons. The van der Waals surface area contributed by atoms with Crippen LogP contribution in [0.15, 0.2) is 30.3 Å². The predicted molar refractivity (Wildman–Crippen MR) is 74.1 cm³/mol. The first-order valence-corrected chi connectivity index (χ1v) is 6.39. The lowest BCUT2D eigenvalue weighted by Crippen LogP contribution is -2.39. The Bertz CT molecular complexity index is 368. The fraction of sp³-hybridized carbons (Fsp3) is 0.500. The van der Waals surface area contributed by atoms with Crippen molar-refractivity contribution in [2.24, 2.45) is 0 Å². The number of carbonyl (C=O) groups excluding carboxylic acids is 1. The molecule has 1 amide bonds. The Balaban J connectivity index is 2.10. The van der Waals surface area contributed by atoms with Crippen LogP contribution in [0.5, 0.6) is 5.75 Å². The Labute approximate surface area is 114 Å². The van der Waals surface area contributed by atoms with Gasteiger partial charge in [-0.15, -0.1) is 0 Å². The number of para-hydroxylation sites is 1. The van der Waals surface area contributed by atoms with Crippen LogP contribution in [0.1, 0.15) is 6.92 Å². The number of aliphatic hydroxyl groups excluding tert-OH is 1. The van der Waals surface area contributed by atoms with E-state index in [1.165, 1.54) is 0 Å². The average molecular weight is 266 g/mol. The first kappa shape index (κ1) is 15.5. The molecular weight excluding hydrogens is 244 g/mol. The van der Waals surface area contributed by atoms with Gasteiger partial charge in [-0.05, 0) is 26.1 Å². The molecule has 1 rings (SSSR count). The van der Waals surface area contributed by atoms with Crippen molar-refractivity contribution < 1.29 is 14.6 Å². The summed E-state index contributed by atoms with van der Waals surface area (Å²) < 4.78 is 5.46. The molecule has 0 spiro atoms. The molecule has 1 unspecified atom stereocenters. The van der Waals surface area contributed by atoms with Gasteiger partial charge in [-0.2, -0.15) is 0 Å². The lowest BCUT2D eigenvalue weighted by Gasteiger charge is -2.17. The van der Waals surface area contributed by atoms with Crippen LogP contribution in [0.2, 0.25) is 0 Å². The lowest BCUT2D eigenvalue weighted by molar-refractivity contribution is -0.122. The predicted octanol–water partition coefficient (Wildman–Crippen LogP) is 0.494. The molecule has 0 saturated carbocycles. The zero-order valence-corrected chi connectivity index (χ0v) is 11.5. The first-order chi connectivity index (χ1) is 9.08. The Kier molecular flexibility index (Phi) is 6.92. The Morgan fingerprint density at radius 3 is 2.74 bits per heavy atom. The molecule has 0 aliphatic rings. The summed E-state index contributed by atoms with van der Waals surface area (Å²) in [7, 11) is 1.80. The van der Waals surface area contributed by atoms with Crippen molar-refractivity contribution in [3.05, 3.63) is 30.3 Å². The van der Waals surface area contributed by atoms with E-state index >= 15 is 0 Å². The molecule has 0 aromatic heterocycles. The second-order valence-corrected chi connectivity index (χ2v) is 4.56. The van der Waals surface area contributed by atoms with Crippen LogP contribution in [-0.4, -0.2) is 55.3 Å². The number of amides is 1. The molecule has 1 aromatic carbocycles. The largest absolute Gasteiger partial charge is 0.492 e. The molecule has 0 aliphatic heterocycles. The third kappa shape index (κ3) is 7.43. The molecule has 19 heavy (non-hydrogen) atoms. The van der Waals surface area contributed by atoms with E-state index in [0.29, 0.717) is 19.7 Å². The Morgan fingerprint density at radius 2 is 2.11 bits per heavy atom. The van der Waals surface area contributed by atoms with Crippen molar-refractivity contribution in [1.82, 2.24) is 10.2 Å². The summed E-state index contributed by atoms with van der Waals surface area (Å²) >= 11 is 0. The fourth-order valence-electron chi connectivity index (χ4n) is 1.69. The van der Waals surface area contributed by atoms with Gasteiger partial charge in [0.15, 0.2) is 0 Å². The topological polar surface area (TPSA) is 61.8 Å². The van der Waals surface area contributed by atoms with Crippen molar-refractivity contribution in [1.29, 1.82) is 0 Å². The summed E-state index contributed by atoms with van der Waals surface area (Å²) in [5, 5.41) is 12.0. The van der Waals surface area contributed by atoms with Gasteiger partial charge < -0.3 is 15.2 Å². The number of rotatable bonds is 8. The van der Waals surface area contributed by atoms with Crippen molar-refractivity contribution in [2.75, 3.05) is 33.3 Å². The molecule has 2 N–H and O–H groups in total. The number of hydrogen-bond donors (Lipinski definition) is 2. The van der Waals surface area contributed by atoms with Crippen LogP contribution < -0.4 is 10.1 Å². The highest BCUT2D eigenvalue weighted by Crippen LogP contribution is 2.07. The number of hydrogen-bond acceptors (Lipinski definition) is 4. The summed E-state index contributed by atoms with van der Waals surface area (Å²) in [5.41, 5.74) is 0. The van der Waals surface area contributed by atoms with Gasteiger partial charge in [0.05, 0.1) is 19.2 Å². The molecule has 0 fully saturated rings. The van der Waals surface area contributed by atoms with E-state index in [9.17, 15) is 9.90 Å². The van der Waals surface area contributed by atoms with Crippen molar-refractivity contribution in [3.8, 4) is 5.75 Å². The maximum absolute atomic E-state index is 11.6. The third-order valence-corrected chi connectivity index (χ3v) is 2.43. The van der Waals surface area contributed by atoms with Crippen molar-refractivity contribution in [2.45, 2.75) is 13.0 Å². The molecule has 0 aliphatic carbocycles. The van der Waals surface area contributed by atoms with Crippen LogP contribution in [0.4, 0.5) is 0 Å². The smallest absolute Gasteiger partial charge is 0.234 e. The van der Waals surface area contributed by atoms with Gasteiger partial charge in [-0.3, -0.25) is 9.69 Å². The number of ether oxygens (including phenoxy) is 1. The molecule has 0 saturated heterocycles. The van der Waals surface area contributed by atoms with E-state index in [1.54, 1.807) is 18.9 Å². The van der Waals surface area contributed by atoms with E-state index in [4.69, 9.17) is 4.74 Å². The van der Waals surface area contributed by atoms with Crippen LogP contribution >= 0.6 is 0 Å².